The van der Waals surface area contributed by atoms with Crippen LogP contribution in [0, 0.1) is 0 Å². The van der Waals surface area contributed by atoms with E-state index in [9.17, 15) is 14.0 Å². The van der Waals surface area contributed by atoms with Gasteiger partial charge in [-0.05, 0) is 57.9 Å². The van der Waals surface area contributed by atoms with E-state index < -0.39 is 11.5 Å². The van der Waals surface area contributed by atoms with Crippen molar-refractivity contribution in [1.29, 1.82) is 0 Å². The van der Waals surface area contributed by atoms with Crippen LogP contribution in [0.2, 0.25) is 0 Å². The van der Waals surface area contributed by atoms with Crippen LogP contribution < -0.4 is 16.0 Å². The van der Waals surface area contributed by atoms with Gasteiger partial charge in [0.2, 0.25) is 11.8 Å². The number of carbonyl (C=O) groups excluding carboxylic acids is 2. The van der Waals surface area contributed by atoms with Crippen LogP contribution in [0.15, 0.2) is 0 Å². The van der Waals surface area contributed by atoms with Crippen molar-refractivity contribution in [3.8, 4) is 0 Å². The maximum absolute atomic E-state index is 13.7. The third-order valence-corrected chi connectivity index (χ3v) is 7.44. The van der Waals surface area contributed by atoms with Crippen LogP contribution in [-0.4, -0.2) is 59.7 Å². The lowest BCUT2D eigenvalue weighted by atomic mass is 9.71. The lowest BCUT2D eigenvalue weighted by molar-refractivity contribution is -0.132. The van der Waals surface area contributed by atoms with Crippen molar-refractivity contribution >= 4 is 23.4 Å². The molecule has 2 amide bonds. The zero-order chi connectivity index (χ0) is 19.8. The average Bonchev–Trinajstić information content (AvgIpc) is 3.18. The van der Waals surface area contributed by atoms with Gasteiger partial charge in [0, 0.05) is 17.5 Å². The topological polar surface area (TPSA) is 79.5 Å². The molecule has 1 heterocycles. The van der Waals surface area contributed by atoms with Crippen LogP contribution >= 0.6 is 11.6 Å². The minimum atomic E-state index is -1.06. The zero-order valence-corrected chi connectivity index (χ0v) is 17.0. The molecule has 1 saturated heterocycles. The summed E-state index contributed by atoms with van der Waals surface area (Å²) in [4.78, 5) is 24.9. The van der Waals surface area contributed by atoms with E-state index in [0.29, 0.717) is 12.8 Å². The Hall–Kier alpha value is -0.920. The Morgan fingerprint density at radius 1 is 1.11 bits per heavy atom. The number of nitrogens with one attached hydrogen (secondary N) is 3. The van der Waals surface area contributed by atoms with E-state index in [4.69, 9.17) is 16.3 Å². The number of amides is 2. The molecule has 4 aliphatic carbocycles. The van der Waals surface area contributed by atoms with Crippen molar-refractivity contribution in [3.05, 3.63) is 0 Å². The van der Waals surface area contributed by atoms with Crippen molar-refractivity contribution in [2.45, 2.75) is 99.0 Å². The predicted molar refractivity (Wildman–Crippen MR) is 104 cm³/mol. The van der Waals surface area contributed by atoms with Gasteiger partial charge in [-0.2, -0.15) is 0 Å². The summed E-state index contributed by atoms with van der Waals surface area (Å²) in [6, 6.07) is -0.0795. The molecule has 158 valence electrons. The molecule has 4 unspecified atom stereocenters. The summed E-state index contributed by atoms with van der Waals surface area (Å²) in [7, 11) is 0. The van der Waals surface area contributed by atoms with E-state index in [1.54, 1.807) is 0 Å². The van der Waals surface area contributed by atoms with E-state index in [-0.39, 0.29) is 48.1 Å². The highest BCUT2D eigenvalue weighted by molar-refractivity contribution is 6.21. The molecule has 0 spiro atoms. The molecule has 0 radical (unpaired) electrons. The number of rotatable bonds is 6. The summed E-state index contributed by atoms with van der Waals surface area (Å²) >= 11 is 5.89. The van der Waals surface area contributed by atoms with Gasteiger partial charge in [-0.15, -0.1) is 11.6 Å². The summed E-state index contributed by atoms with van der Waals surface area (Å²) in [5.74, 6) is -0.0558. The van der Waals surface area contributed by atoms with Crippen molar-refractivity contribution in [2.75, 3.05) is 13.2 Å². The molecule has 28 heavy (non-hydrogen) atoms. The van der Waals surface area contributed by atoms with Gasteiger partial charge in [-0.1, -0.05) is 6.42 Å². The Bertz CT molecular complexity index is 608. The molecule has 0 aromatic carbocycles. The molecule has 5 fully saturated rings. The highest BCUT2D eigenvalue weighted by Crippen LogP contribution is 2.55. The number of alkyl halides is 2. The maximum Gasteiger partial charge on any atom is 0.246 e. The molecule has 5 aliphatic rings. The standard InChI is InChI=1S/C20H31ClFN3O3/c21-14-5-4-13(9-15(14)22)28-10-17(26)24-19-6-7-20(11-19,12-19)25-18(27)16-3-1-2-8-23-16/h13-16,23H,1-12H2,(H,24,26)(H,25,27). The van der Waals surface area contributed by atoms with Crippen molar-refractivity contribution in [2.24, 2.45) is 0 Å². The summed E-state index contributed by atoms with van der Waals surface area (Å²) in [5, 5.41) is 9.20. The van der Waals surface area contributed by atoms with Crippen LogP contribution in [0.3, 0.4) is 0 Å². The number of fused-ring (bicyclic) bond motifs is 1. The van der Waals surface area contributed by atoms with Crippen LogP contribution in [0.4, 0.5) is 4.39 Å². The summed E-state index contributed by atoms with van der Waals surface area (Å²) in [5.41, 5.74) is -0.380. The second-order valence-corrected chi connectivity index (χ2v) is 9.79. The molecule has 4 atom stereocenters. The molecule has 0 aromatic heterocycles. The predicted octanol–water partition coefficient (Wildman–Crippen LogP) is 1.94. The van der Waals surface area contributed by atoms with Gasteiger partial charge in [0.05, 0.1) is 17.5 Å². The van der Waals surface area contributed by atoms with Gasteiger partial charge >= 0.3 is 0 Å². The van der Waals surface area contributed by atoms with Crippen LogP contribution in [-0.2, 0) is 14.3 Å². The molecular weight excluding hydrogens is 385 g/mol. The molecular formula is C20H31ClFN3O3. The first-order valence-electron chi connectivity index (χ1n) is 10.6. The molecule has 6 nitrogen and oxygen atoms in total. The molecule has 5 rings (SSSR count). The summed E-state index contributed by atoms with van der Waals surface area (Å²) < 4.78 is 19.3. The Labute approximate surface area is 170 Å². The number of halogens is 2. The monoisotopic (exact) mass is 415 g/mol. The molecule has 4 saturated carbocycles. The third-order valence-electron chi connectivity index (χ3n) is 6.95. The number of ether oxygens (including phenoxy) is 1. The highest BCUT2D eigenvalue weighted by Gasteiger charge is 2.62. The highest BCUT2D eigenvalue weighted by atomic mass is 35.5. The lowest BCUT2D eigenvalue weighted by Crippen LogP contribution is -2.66. The fourth-order valence-corrected chi connectivity index (χ4v) is 5.75. The number of piperidine rings is 1. The first kappa shape index (κ1) is 20.4. The van der Waals surface area contributed by atoms with Gasteiger partial charge in [0.15, 0.2) is 0 Å². The minimum absolute atomic E-state index is 0.0442. The molecule has 3 N–H and O–H groups in total. The summed E-state index contributed by atoms with van der Waals surface area (Å²) in [6.07, 6.45) is 6.70. The fraction of sp³-hybridized carbons (Fsp3) is 0.900. The minimum Gasteiger partial charge on any atom is -0.368 e. The molecule has 8 heteroatoms. The van der Waals surface area contributed by atoms with Crippen LogP contribution in [0.1, 0.15) is 64.2 Å². The smallest absolute Gasteiger partial charge is 0.246 e. The molecule has 2 bridgehead atoms. The van der Waals surface area contributed by atoms with Crippen LogP contribution in [0.5, 0.6) is 0 Å². The maximum atomic E-state index is 13.7. The van der Waals surface area contributed by atoms with E-state index in [0.717, 1.165) is 51.5 Å². The largest absolute Gasteiger partial charge is 0.368 e. The second kappa shape index (κ2) is 8.07. The Morgan fingerprint density at radius 2 is 1.86 bits per heavy atom. The first-order valence-corrected chi connectivity index (χ1v) is 11.1. The van der Waals surface area contributed by atoms with E-state index >= 15 is 0 Å². The Balaban J connectivity index is 1.19. The van der Waals surface area contributed by atoms with Gasteiger partial charge in [0.25, 0.3) is 0 Å². The van der Waals surface area contributed by atoms with E-state index in [1.807, 2.05) is 0 Å². The third kappa shape index (κ3) is 4.31. The van der Waals surface area contributed by atoms with E-state index in [2.05, 4.69) is 16.0 Å². The normalized spacial score (nSPS) is 42.5. The van der Waals surface area contributed by atoms with Crippen molar-refractivity contribution in [1.82, 2.24) is 16.0 Å². The average molecular weight is 416 g/mol. The van der Waals surface area contributed by atoms with Crippen molar-refractivity contribution in [3.63, 3.8) is 0 Å². The van der Waals surface area contributed by atoms with Crippen LogP contribution in [0.25, 0.3) is 0 Å². The lowest BCUT2D eigenvalue weighted by Gasteiger charge is -2.48. The Morgan fingerprint density at radius 3 is 2.54 bits per heavy atom. The number of carbonyl (C=O) groups is 2. The number of hydrogen-bond donors (Lipinski definition) is 3. The number of hydrogen-bond acceptors (Lipinski definition) is 4. The summed E-state index contributed by atoms with van der Waals surface area (Å²) in [6.45, 7) is 0.859. The molecule has 0 aromatic rings. The van der Waals surface area contributed by atoms with Gasteiger partial charge in [-0.3, -0.25) is 9.59 Å². The second-order valence-electron chi connectivity index (χ2n) is 9.23. The Kier molecular flexibility index (Phi) is 5.87. The quantitative estimate of drug-likeness (QED) is 0.579. The van der Waals surface area contributed by atoms with Gasteiger partial charge in [0.1, 0.15) is 12.8 Å². The van der Waals surface area contributed by atoms with Gasteiger partial charge in [-0.25, -0.2) is 4.39 Å². The SMILES string of the molecule is O=C(COC1CCC(Cl)C(F)C1)NC12CCC(NC(=O)C3CCCCN3)(C1)C2. The fourth-order valence-electron chi connectivity index (χ4n) is 5.52. The van der Waals surface area contributed by atoms with Crippen molar-refractivity contribution < 1.29 is 18.7 Å². The first-order chi connectivity index (χ1) is 13.4. The molecule has 1 aliphatic heterocycles. The van der Waals surface area contributed by atoms with Gasteiger partial charge < -0.3 is 20.7 Å². The van der Waals surface area contributed by atoms with E-state index in [1.165, 1.54) is 0 Å². The zero-order valence-electron chi connectivity index (χ0n) is 16.3.